The molecule has 0 rings (SSSR count). The van der Waals surface area contributed by atoms with Gasteiger partial charge in [-0.15, -0.1) is 0 Å². The quantitative estimate of drug-likeness (QED) is 0.571. The molecule has 0 amide bonds. The van der Waals surface area contributed by atoms with Gasteiger partial charge >= 0.3 is 11.9 Å². The van der Waals surface area contributed by atoms with Crippen LogP contribution in [-0.2, 0) is 19.1 Å². The zero-order valence-corrected chi connectivity index (χ0v) is 11.2. The standard InChI is InChI=1S/C8H12Br2O4/c1-13-6(11)4-3-5-8(9,10)7(12)14-2/h3-5H2,1-2H3. The van der Waals surface area contributed by atoms with Crippen LogP contribution in [0.1, 0.15) is 19.3 Å². The average molecular weight is 332 g/mol. The minimum Gasteiger partial charge on any atom is -0.469 e. The molecular formula is C8H12Br2O4. The molecule has 0 N–H and O–H groups in total. The van der Waals surface area contributed by atoms with Gasteiger partial charge in [-0.2, -0.15) is 0 Å². The lowest BCUT2D eigenvalue weighted by Gasteiger charge is -2.16. The number of rotatable bonds is 5. The summed E-state index contributed by atoms with van der Waals surface area (Å²) in [5, 5.41) is 0. The van der Waals surface area contributed by atoms with Crippen molar-refractivity contribution in [2.45, 2.75) is 22.5 Å². The maximum absolute atomic E-state index is 11.1. The Bertz CT molecular complexity index is 215. The van der Waals surface area contributed by atoms with Crippen molar-refractivity contribution in [3.05, 3.63) is 0 Å². The second-order valence-electron chi connectivity index (χ2n) is 2.63. The second-order valence-corrected chi connectivity index (χ2v) is 6.40. The third kappa shape index (κ3) is 4.95. The number of ether oxygens (including phenoxy) is 2. The maximum atomic E-state index is 11.1. The van der Waals surface area contributed by atoms with Crippen LogP contribution in [-0.4, -0.2) is 29.4 Å². The van der Waals surface area contributed by atoms with Gasteiger partial charge in [-0.05, 0) is 12.8 Å². The molecule has 0 saturated carbocycles. The molecule has 0 heterocycles. The first-order chi connectivity index (χ1) is 6.44. The molecule has 14 heavy (non-hydrogen) atoms. The minimum absolute atomic E-state index is 0.284. The monoisotopic (exact) mass is 330 g/mol. The highest BCUT2D eigenvalue weighted by Crippen LogP contribution is 2.33. The lowest BCUT2D eigenvalue weighted by Crippen LogP contribution is -2.26. The van der Waals surface area contributed by atoms with Gasteiger partial charge in [0, 0.05) is 6.42 Å². The Morgan fingerprint density at radius 2 is 1.79 bits per heavy atom. The van der Waals surface area contributed by atoms with Crippen LogP contribution in [0.4, 0.5) is 0 Å². The number of alkyl halides is 2. The van der Waals surface area contributed by atoms with Crippen molar-refractivity contribution in [1.29, 1.82) is 0 Å². The van der Waals surface area contributed by atoms with Crippen LogP contribution in [0.5, 0.6) is 0 Å². The van der Waals surface area contributed by atoms with Crippen LogP contribution in [0.15, 0.2) is 0 Å². The summed E-state index contributed by atoms with van der Waals surface area (Å²) in [5.74, 6) is -0.701. The number of esters is 2. The first-order valence-corrected chi connectivity index (χ1v) is 5.55. The van der Waals surface area contributed by atoms with E-state index in [0.29, 0.717) is 12.8 Å². The van der Waals surface area contributed by atoms with Gasteiger partial charge in [0.1, 0.15) is 0 Å². The van der Waals surface area contributed by atoms with Crippen molar-refractivity contribution in [3.63, 3.8) is 0 Å². The van der Waals surface area contributed by atoms with Crippen molar-refractivity contribution in [2.24, 2.45) is 0 Å². The largest absolute Gasteiger partial charge is 0.469 e. The number of halogens is 2. The summed E-state index contributed by atoms with van der Waals surface area (Å²) in [4.78, 5) is 21.9. The Labute approximate surface area is 99.6 Å². The molecule has 0 saturated heterocycles. The first kappa shape index (κ1) is 13.9. The number of carbonyl (C=O) groups is 2. The molecular weight excluding hydrogens is 320 g/mol. The fourth-order valence-corrected chi connectivity index (χ4v) is 1.69. The fourth-order valence-electron chi connectivity index (χ4n) is 0.808. The van der Waals surface area contributed by atoms with Gasteiger partial charge < -0.3 is 9.47 Å². The summed E-state index contributed by atoms with van der Waals surface area (Å²) in [6, 6.07) is 0. The molecule has 0 bridgehead atoms. The number of hydrogen-bond acceptors (Lipinski definition) is 4. The van der Waals surface area contributed by atoms with E-state index in [2.05, 4.69) is 41.3 Å². The molecule has 4 nitrogen and oxygen atoms in total. The molecule has 0 aromatic carbocycles. The molecule has 0 spiro atoms. The molecule has 0 aromatic heterocycles. The third-order valence-electron chi connectivity index (χ3n) is 1.58. The van der Waals surface area contributed by atoms with Crippen LogP contribution < -0.4 is 0 Å². The highest BCUT2D eigenvalue weighted by Gasteiger charge is 2.33. The predicted octanol–water partition coefficient (Wildman–Crippen LogP) is 1.99. The van der Waals surface area contributed by atoms with Crippen LogP contribution >= 0.6 is 31.9 Å². The van der Waals surface area contributed by atoms with Gasteiger partial charge in [-0.1, -0.05) is 31.9 Å². The van der Waals surface area contributed by atoms with Gasteiger partial charge in [0.15, 0.2) is 3.23 Å². The second kappa shape index (κ2) is 6.40. The smallest absolute Gasteiger partial charge is 0.333 e. The number of hydrogen-bond donors (Lipinski definition) is 0. The highest BCUT2D eigenvalue weighted by molar-refractivity contribution is 9.25. The summed E-state index contributed by atoms with van der Waals surface area (Å²) >= 11 is 6.34. The number of methoxy groups -OCH3 is 2. The van der Waals surface area contributed by atoms with Gasteiger partial charge in [-0.3, -0.25) is 4.79 Å². The Morgan fingerprint density at radius 3 is 2.21 bits per heavy atom. The zero-order chi connectivity index (χ0) is 11.2. The van der Waals surface area contributed by atoms with E-state index in [-0.39, 0.29) is 12.4 Å². The molecule has 0 fully saturated rings. The van der Waals surface area contributed by atoms with Crippen molar-refractivity contribution < 1.29 is 19.1 Å². The van der Waals surface area contributed by atoms with Gasteiger partial charge in [0.05, 0.1) is 14.2 Å². The topological polar surface area (TPSA) is 52.6 Å². The van der Waals surface area contributed by atoms with E-state index in [1.54, 1.807) is 0 Å². The summed E-state index contributed by atoms with van der Waals surface area (Å²) in [5.41, 5.74) is 0. The SMILES string of the molecule is COC(=O)CCCC(Br)(Br)C(=O)OC. The van der Waals surface area contributed by atoms with Crippen molar-refractivity contribution in [2.75, 3.05) is 14.2 Å². The first-order valence-electron chi connectivity index (χ1n) is 3.97. The molecule has 6 heteroatoms. The molecule has 0 unspecified atom stereocenters. The Morgan fingerprint density at radius 1 is 1.21 bits per heavy atom. The van der Waals surface area contributed by atoms with Crippen molar-refractivity contribution in [1.82, 2.24) is 0 Å². The van der Waals surface area contributed by atoms with Crippen LogP contribution in [0.2, 0.25) is 0 Å². The molecule has 0 radical (unpaired) electrons. The van der Waals surface area contributed by atoms with E-state index in [0.717, 1.165) is 0 Å². The summed E-state index contributed by atoms with van der Waals surface area (Å²) in [6.07, 6.45) is 1.28. The minimum atomic E-state index is -0.900. The molecule has 82 valence electrons. The highest BCUT2D eigenvalue weighted by atomic mass is 79.9. The van der Waals surface area contributed by atoms with Crippen LogP contribution in [0.3, 0.4) is 0 Å². The van der Waals surface area contributed by atoms with Gasteiger partial charge in [0.2, 0.25) is 0 Å². The van der Waals surface area contributed by atoms with Gasteiger partial charge in [0.25, 0.3) is 0 Å². The molecule has 0 aromatic rings. The van der Waals surface area contributed by atoms with E-state index in [9.17, 15) is 9.59 Å². The van der Waals surface area contributed by atoms with E-state index in [4.69, 9.17) is 0 Å². The van der Waals surface area contributed by atoms with Gasteiger partial charge in [-0.25, -0.2) is 4.79 Å². The zero-order valence-electron chi connectivity index (χ0n) is 8.01. The lowest BCUT2D eigenvalue weighted by molar-refractivity contribution is -0.142. The predicted molar refractivity (Wildman–Crippen MR) is 58.5 cm³/mol. The van der Waals surface area contributed by atoms with Crippen LogP contribution in [0, 0.1) is 0 Å². The molecule has 0 aliphatic rings. The summed E-state index contributed by atoms with van der Waals surface area (Å²) < 4.78 is 8.12. The Kier molecular flexibility index (Phi) is 6.35. The lowest BCUT2D eigenvalue weighted by atomic mass is 10.2. The summed E-state index contributed by atoms with van der Waals surface area (Å²) in [7, 11) is 2.64. The molecule has 0 aliphatic heterocycles. The molecule has 0 atom stereocenters. The normalized spacial score (nSPS) is 10.9. The summed E-state index contributed by atoms with van der Waals surface area (Å²) in [6.45, 7) is 0. The Balaban J connectivity index is 3.88. The maximum Gasteiger partial charge on any atom is 0.333 e. The van der Waals surface area contributed by atoms with Crippen molar-refractivity contribution in [3.8, 4) is 0 Å². The van der Waals surface area contributed by atoms with Crippen molar-refractivity contribution >= 4 is 43.8 Å². The van der Waals surface area contributed by atoms with Crippen LogP contribution in [0.25, 0.3) is 0 Å². The van der Waals surface area contributed by atoms with E-state index < -0.39 is 9.20 Å². The van der Waals surface area contributed by atoms with E-state index in [1.807, 2.05) is 0 Å². The van der Waals surface area contributed by atoms with E-state index >= 15 is 0 Å². The Hall–Kier alpha value is -0.100. The number of carbonyl (C=O) groups excluding carboxylic acids is 2. The fraction of sp³-hybridized carbons (Fsp3) is 0.750. The van der Waals surface area contributed by atoms with E-state index in [1.165, 1.54) is 14.2 Å². The third-order valence-corrected chi connectivity index (χ3v) is 3.02. The average Bonchev–Trinajstić information content (AvgIpc) is 2.15. The molecule has 0 aliphatic carbocycles.